The number of ether oxygens (including phenoxy) is 2. The maximum atomic E-state index is 12.3. The van der Waals surface area contributed by atoms with E-state index in [9.17, 15) is 18.0 Å². The van der Waals surface area contributed by atoms with Crippen LogP contribution in [0.25, 0.3) is 0 Å². The number of sulfonamides is 1. The van der Waals surface area contributed by atoms with E-state index in [1.807, 2.05) is 0 Å². The van der Waals surface area contributed by atoms with Gasteiger partial charge in [0.2, 0.25) is 10.0 Å². The van der Waals surface area contributed by atoms with Crippen LogP contribution in [0.15, 0.2) is 46.1 Å². The van der Waals surface area contributed by atoms with Crippen molar-refractivity contribution < 1.29 is 22.7 Å². The molecule has 0 aliphatic carbocycles. The van der Waals surface area contributed by atoms with Crippen molar-refractivity contribution in [3.63, 3.8) is 0 Å². The van der Waals surface area contributed by atoms with Gasteiger partial charge < -0.3 is 19.8 Å². The normalized spacial score (nSPS) is 11.2. The molecule has 146 valence electrons. The molecular weight excluding hydrogens is 374 g/mol. The summed E-state index contributed by atoms with van der Waals surface area (Å²) in [5.41, 5.74) is 5.36. The third-order valence-corrected chi connectivity index (χ3v) is 5.16. The summed E-state index contributed by atoms with van der Waals surface area (Å²) in [5.74, 6) is 0.151. The lowest BCUT2D eigenvalue weighted by Crippen LogP contribution is -2.31. The molecule has 0 bridgehead atoms. The zero-order valence-electron chi connectivity index (χ0n) is 15.0. The number of aryl methyl sites for hydroxylation is 1. The van der Waals surface area contributed by atoms with Gasteiger partial charge in [0.05, 0.1) is 12.0 Å². The molecule has 0 radical (unpaired) electrons. The van der Waals surface area contributed by atoms with Crippen molar-refractivity contribution in [2.45, 2.75) is 18.4 Å². The quantitative estimate of drug-likeness (QED) is 0.615. The van der Waals surface area contributed by atoms with E-state index in [0.717, 1.165) is 0 Å². The van der Waals surface area contributed by atoms with E-state index in [1.54, 1.807) is 13.0 Å². The molecule has 1 heterocycles. The highest BCUT2D eigenvalue weighted by molar-refractivity contribution is 7.89. The minimum atomic E-state index is -3.75. The lowest BCUT2D eigenvalue weighted by Gasteiger charge is -2.12. The summed E-state index contributed by atoms with van der Waals surface area (Å²) in [4.78, 5) is 22.8. The van der Waals surface area contributed by atoms with Crippen LogP contribution < -0.4 is 25.5 Å². The van der Waals surface area contributed by atoms with E-state index >= 15 is 0 Å². The third kappa shape index (κ3) is 5.56. The number of nitrogens with one attached hydrogen (secondary N) is 1. The maximum Gasteiger partial charge on any atom is 0.255 e. The zero-order valence-corrected chi connectivity index (χ0v) is 15.8. The summed E-state index contributed by atoms with van der Waals surface area (Å²) < 4.78 is 38.7. The van der Waals surface area contributed by atoms with Gasteiger partial charge in [0.25, 0.3) is 11.5 Å². The number of primary amides is 1. The van der Waals surface area contributed by atoms with Crippen LogP contribution in [0.2, 0.25) is 0 Å². The lowest BCUT2D eigenvalue weighted by molar-refractivity contribution is -0.119. The van der Waals surface area contributed by atoms with Gasteiger partial charge in [-0.2, -0.15) is 0 Å². The molecule has 0 atom stereocenters. The Morgan fingerprint density at radius 1 is 1.19 bits per heavy atom. The number of nitrogens with zero attached hydrogens (tertiary/aromatic N) is 1. The van der Waals surface area contributed by atoms with Gasteiger partial charge >= 0.3 is 0 Å². The van der Waals surface area contributed by atoms with E-state index in [0.29, 0.717) is 17.2 Å². The van der Waals surface area contributed by atoms with Crippen LogP contribution in [0.4, 0.5) is 0 Å². The minimum Gasteiger partial charge on any atom is -0.496 e. The van der Waals surface area contributed by atoms with Crippen LogP contribution in [0.1, 0.15) is 5.69 Å². The maximum absolute atomic E-state index is 12.3. The first kappa shape index (κ1) is 20.5. The molecule has 1 aromatic heterocycles. The van der Waals surface area contributed by atoms with Gasteiger partial charge in [-0.1, -0.05) is 0 Å². The fourth-order valence-electron chi connectivity index (χ4n) is 2.35. The van der Waals surface area contributed by atoms with Gasteiger partial charge in [-0.15, -0.1) is 0 Å². The Kier molecular flexibility index (Phi) is 6.59. The number of carbonyl (C=O) groups is 1. The molecule has 0 spiro atoms. The van der Waals surface area contributed by atoms with Gasteiger partial charge in [0, 0.05) is 24.8 Å². The van der Waals surface area contributed by atoms with E-state index in [1.165, 1.54) is 42.0 Å². The van der Waals surface area contributed by atoms with Crippen molar-refractivity contribution in [2.75, 3.05) is 20.3 Å². The molecule has 0 saturated carbocycles. The van der Waals surface area contributed by atoms with Gasteiger partial charge in [0.1, 0.15) is 11.5 Å². The second kappa shape index (κ2) is 8.69. The molecule has 9 nitrogen and oxygen atoms in total. The fraction of sp³-hybridized carbons (Fsp3) is 0.294. The molecule has 1 aromatic carbocycles. The highest BCUT2D eigenvalue weighted by Gasteiger charge is 2.14. The Bertz CT molecular complexity index is 967. The Labute approximate surface area is 156 Å². The number of hydrogen-bond acceptors (Lipinski definition) is 6. The van der Waals surface area contributed by atoms with E-state index in [4.69, 9.17) is 15.2 Å². The number of aromatic nitrogens is 1. The number of amides is 1. The number of methoxy groups -OCH3 is 1. The second-order valence-electron chi connectivity index (χ2n) is 5.65. The van der Waals surface area contributed by atoms with Gasteiger partial charge in [-0.25, -0.2) is 13.1 Å². The molecule has 1 amide bonds. The molecule has 10 heteroatoms. The summed E-state index contributed by atoms with van der Waals surface area (Å²) in [6, 6.07) is 8.59. The van der Waals surface area contributed by atoms with Crippen molar-refractivity contribution in [1.82, 2.24) is 9.29 Å². The molecule has 0 fully saturated rings. The predicted molar refractivity (Wildman–Crippen MR) is 98.3 cm³/mol. The van der Waals surface area contributed by atoms with Crippen molar-refractivity contribution in [3.05, 3.63) is 52.4 Å². The largest absolute Gasteiger partial charge is 0.496 e. The number of carbonyl (C=O) groups excluding carboxylic acids is 1. The third-order valence-electron chi connectivity index (χ3n) is 3.69. The van der Waals surface area contributed by atoms with Crippen LogP contribution >= 0.6 is 0 Å². The zero-order chi connectivity index (χ0) is 20.0. The summed E-state index contributed by atoms with van der Waals surface area (Å²) >= 11 is 0. The smallest absolute Gasteiger partial charge is 0.255 e. The first-order valence-corrected chi connectivity index (χ1v) is 9.47. The molecule has 0 unspecified atom stereocenters. The Balaban J connectivity index is 2.01. The summed E-state index contributed by atoms with van der Waals surface area (Å²) in [6.07, 6.45) is 0. The van der Waals surface area contributed by atoms with Crippen molar-refractivity contribution >= 4 is 15.9 Å². The van der Waals surface area contributed by atoms with Crippen LogP contribution in [0.5, 0.6) is 11.5 Å². The standard InChI is InChI=1S/C17H21N3O6S/c1-12-9-14(25-2)10-17(22)20(12)8-7-19-27(23,24)15-5-3-13(4-6-15)26-11-16(18)21/h3-6,9-10,19H,7-8,11H2,1-2H3,(H2,18,21). The number of nitrogens with two attached hydrogens (primary N) is 1. The average Bonchev–Trinajstić information content (AvgIpc) is 2.62. The molecular formula is C17H21N3O6S. The van der Waals surface area contributed by atoms with Crippen molar-refractivity contribution in [2.24, 2.45) is 5.73 Å². The SMILES string of the molecule is COc1cc(C)n(CCNS(=O)(=O)c2ccc(OCC(N)=O)cc2)c(=O)c1. The Hall–Kier alpha value is -2.85. The second-order valence-corrected chi connectivity index (χ2v) is 7.42. The number of pyridine rings is 1. The monoisotopic (exact) mass is 395 g/mol. The summed E-state index contributed by atoms with van der Waals surface area (Å²) in [7, 11) is -2.29. The molecule has 2 rings (SSSR count). The fourth-order valence-corrected chi connectivity index (χ4v) is 3.37. The Morgan fingerprint density at radius 3 is 2.41 bits per heavy atom. The van der Waals surface area contributed by atoms with E-state index in [2.05, 4.69) is 4.72 Å². The first-order valence-electron chi connectivity index (χ1n) is 7.99. The highest BCUT2D eigenvalue weighted by Crippen LogP contribution is 2.16. The average molecular weight is 395 g/mol. The van der Waals surface area contributed by atoms with Crippen molar-refractivity contribution in [3.8, 4) is 11.5 Å². The number of rotatable bonds is 9. The van der Waals surface area contributed by atoms with E-state index in [-0.39, 0.29) is 30.2 Å². The first-order chi connectivity index (χ1) is 12.7. The van der Waals surface area contributed by atoms with Crippen LogP contribution in [-0.4, -0.2) is 39.2 Å². The predicted octanol–water partition coefficient (Wildman–Crippen LogP) is 0.00792. The van der Waals surface area contributed by atoms with Crippen LogP contribution in [0, 0.1) is 6.92 Å². The minimum absolute atomic E-state index is 0.0349. The van der Waals surface area contributed by atoms with Gasteiger partial charge in [-0.05, 0) is 37.3 Å². The molecule has 2 aromatic rings. The molecule has 3 N–H and O–H groups in total. The van der Waals surface area contributed by atoms with Gasteiger partial charge in [0.15, 0.2) is 6.61 Å². The molecule has 27 heavy (non-hydrogen) atoms. The summed E-state index contributed by atoms with van der Waals surface area (Å²) in [5, 5.41) is 0. The van der Waals surface area contributed by atoms with Gasteiger partial charge in [-0.3, -0.25) is 9.59 Å². The van der Waals surface area contributed by atoms with Crippen LogP contribution in [0.3, 0.4) is 0 Å². The highest BCUT2D eigenvalue weighted by atomic mass is 32.2. The Morgan fingerprint density at radius 2 is 1.85 bits per heavy atom. The van der Waals surface area contributed by atoms with Crippen LogP contribution in [-0.2, 0) is 21.4 Å². The molecule has 0 saturated heterocycles. The number of hydrogen-bond donors (Lipinski definition) is 2. The van der Waals surface area contributed by atoms with Crippen molar-refractivity contribution in [1.29, 1.82) is 0 Å². The number of benzene rings is 1. The summed E-state index contributed by atoms with van der Waals surface area (Å²) in [6.45, 7) is 1.66. The lowest BCUT2D eigenvalue weighted by atomic mass is 10.3. The topological polar surface area (TPSA) is 130 Å². The van der Waals surface area contributed by atoms with E-state index < -0.39 is 15.9 Å². The molecule has 0 aliphatic heterocycles. The molecule has 0 aliphatic rings.